The third-order valence-electron chi connectivity index (χ3n) is 6.48. The maximum absolute atomic E-state index is 12.4. The van der Waals surface area contributed by atoms with E-state index in [1.165, 1.54) is 16.3 Å². The Hall–Kier alpha value is -3.19. The Bertz CT molecular complexity index is 999. The fourth-order valence-electron chi connectivity index (χ4n) is 4.49. The van der Waals surface area contributed by atoms with Crippen molar-refractivity contribution in [3.05, 3.63) is 65.7 Å². The number of aryl methyl sites for hydroxylation is 1. The quantitative estimate of drug-likeness (QED) is 0.583. The Morgan fingerprint density at radius 3 is 2.50 bits per heavy atom. The van der Waals surface area contributed by atoms with Crippen LogP contribution >= 0.6 is 0 Å². The van der Waals surface area contributed by atoms with Gasteiger partial charge in [0.1, 0.15) is 0 Å². The number of carbonyl (C=O) groups excluding carboxylic acids is 2. The molecule has 0 aromatic heterocycles. The van der Waals surface area contributed by atoms with Gasteiger partial charge in [-0.3, -0.25) is 14.5 Å². The number of amides is 2. The molecule has 4 rings (SSSR count). The van der Waals surface area contributed by atoms with Gasteiger partial charge in [-0.15, -0.1) is 0 Å². The highest BCUT2D eigenvalue weighted by molar-refractivity contribution is 6.02. The zero-order valence-electron chi connectivity index (χ0n) is 20.1. The molecule has 0 spiro atoms. The highest BCUT2D eigenvalue weighted by Gasteiger charge is 2.22. The molecule has 1 N–H and O–H groups in total. The SMILES string of the molecule is Cc1cccc(N2CCN(CCCNC(=O)CCC(=O)N3CCC(c4ccccc4)=N3)CC2)c1. The molecule has 0 bridgehead atoms. The van der Waals surface area contributed by atoms with Gasteiger partial charge < -0.3 is 10.2 Å². The minimum Gasteiger partial charge on any atom is -0.369 e. The van der Waals surface area contributed by atoms with Gasteiger partial charge in [-0.1, -0.05) is 42.5 Å². The number of nitrogens with one attached hydrogen (secondary N) is 1. The van der Waals surface area contributed by atoms with Crippen molar-refractivity contribution < 1.29 is 9.59 Å². The predicted molar refractivity (Wildman–Crippen MR) is 136 cm³/mol. The van der Waals surface area contributed by atoms with Crippen molar-refractivity contribution in [1.82, 2.24) is 15.2 Å². The molecular weight excluding hydrogens is 426 g/mol. The summed E-state index contributed by atoms with van der Waals surface area (Å²) in [6.07, 6.45) is 2.07. The molecule has 2 aromatic rings. The number of hydrogen-bond acceptors (Lipinski definition) is 5. The normalized spacial score (nSPS) is 16.4. The lowest BCUT2D eigenvalue weighted by Gasteiger charge is -2.36. The van der Waals surface area contributed by atoms with E-state index < -0.39 is 0 Å². The van der Waals surface area contributed by atoms with Gasteiger partial charge in [-0.25, -0.2) is 5.01 Å². The van der Waals surface area contributed by atoms with Gasteiger partial charge in [0, 0.05) is 57.7 Å². The lowest BCUT2D eigenvalue weighted by atomic mass is 10.1. The Kier molecular flexibility index (Phi) is 8.31. The van der Waals surface area contributed by atoms with Crippen molar-refractivity contribution >= 4 is 23.2 Å². The van der Waals surface area contributed by atoms with Crippen molar-refractivity contribution in [1.29, 1.82) is 0 Å². The summed E-state index contributed by atoms with van der Waals surface area (Å²) < 4.78 is 0. The summed E-state index contributed by atoms with van der Waals surface area (Å²) in [4.78, 5) is 29.5. The molecule has 2 amide bonds. The number of rotatable bonds is 9. The van der Waals surface area contributed by atoms with Crippen LogP contribution in [0.2, 0.25) is 0 Å². The van der Waals surface area contributed by atoms with E-state index >= 15 is 0 Å². The first kappa shape index (κ1) is 24.0. The number of piperazine rings is 1. The standard InChI is InChI=1S/C27H35N5O2/c1-22-7-5-10-24(21-22)31-19-17-30(18-20-31)15-6-14-28-26(33)11-12-27(34)32-16-13-25(29-32)23-8-3-2-4-9-23/h2-5,7-10,21H,6,11-20H2,1H3,(H,28,33). The van der Waals surface area contributed by atoms with Crippen molar-refractivity contribution in [2.45, 2.75) is 32.6 Å². The average Bonchev–Trinajstić information content (AvgIpc) is 3.37. The van der Waals surface area contributed by atoms with E-state index in [0.29, 0.717) is 13.1 Å². The molecule has 0 unspecified atom stereocenters. The number of nitrogens with zero attached hydrogens (tertiary/aromatic N) is 4. The molecule has 180 valence electrons. The number of hydrogen-bond donors (Lipinski definition) is 1. The molecule has 7 nitrogen and oxygen atoms in total. The summed E-state index contributed by atoms with van der Waals surface area (Å²) in [7, 11) is 0. The zero-order valence-corrected chi connectivity index (χ0v) is 20.1. The van der Waals surface area contributed by atoms with Gasteiger partial charge in [-0.2, -0.15) is 5.10 Å². The van der Waals surface area contributed by atoms with Gasteiger partial charge in [-0.05, 0) is 43.1 Å². The topological polar surface area (TPSA) is 68.2 Å². The molecule has 1 fully saturated rings. The van der Waals surface area contributed by atoms with E-state index in [2.05, 4.69) is 51.4 Å². The first-order valence-electron chi connectivity index (χ1n) is 12.3. The number of anilines is 1. The van der Waals surface area contributed by atoms with Gasteiger partial charge in [0.05, 0.1) is 12.3 Å². The summed E-state index contributed by atoms with van der Waals surface area (Å²) in [6.45, 7) is 8.48. The van der Waals surface area contributed by atoms with E-state index in [0.717, 1.165) is 56.8 Å². The van der Waals surface area contributed by atoms with Crippen molar-refractivity contribution in [2.75, 3.05) is 50.7 Å². The summed E-state index contributed by atoms with van der Waals surface area (Å²) in [6, 6.07) is 18.6. The Balaban J connectivity index is 1.08. The van der Waals surface area contributed by atoms with Crippen molar-refractivity contribution in [3.8, 4) is 0 Å². The monoisotopic (exact) mass is 461 g/mol. The molecule has 2 aromatic carbocycles. The van der Waals surface area contributed by atoms with Gasteiger partial charge >= 0.3 is 0 Å². The molecule has 0 radical (unpaired) electrons. The lowest BCUT2D eigenvalue weighted by molar-refractivity contribution is -0.133. The lowest BCUT2D eigenvalue weighted by Crippen LogP contribution is -2.47. The van der Waals surface area contributed by atoms with Crippen molar-refractivity contribution in [2.24, 2.45) is 5.10 Å². The van der Waals surface area contributed by atoms with E-state index in [1.54, 1.807) is 0 Å². The Morgan fingerprint density at radius 1 is 0.941 bits per heavy atom. The third kappa shape index (κ3) is 6.67. The van der Waals surface area contributed by atoms with E-state index in [-0.39, 0.29) is 24.7 Å². The largest absolute Gasteiger partial charge is 0.369 e. The molecule has 1 saturated heterocycles. The second kappa shape index (κ2) is 11.8. The molecule has 0 saturated carbocycles. The van der Waals surface area contributed by atoms with Gasteiger partial charge in [0.2, 0.25) is 11.8 Å². The fraction of sp³-hybridized carbons (Fsp3) is 0.444. The molecule has 2 aliphatic rings. The molecule has 0 atom stereocenters. The predicted octanol–water partition coefficient (Wildman–Crippen LogP) is 3.04. The van der Waals surface area contributed by atoms with Gasteiger partial charge in [0.25, 0.3) is 0 Å². The van der Waals surface area contributed by atoms with Crippen LogP contribution in [0.4, 0.5) is 5.69 Å². The molecule has 0 aliphatic carbocycles. The number of carbonyl (C=O) groups is 2. The second-order valence-electron chi connectivity index (χ2n) is 9.05. The molecule has 2 heterocycles. The number of hydrazone groups is 1. The van der Waals surface area contributed by atoms with Gasteiger partial charge in [0.15, 0.2) is 0 Å². The van der Waals surface area contributed by atoms with Crippen LogP contribution in [0.25, 0.3) is 0 Å². The first-order valence-corrected chi connectivity index (χ1v) is 12.3. The highest BCUT2D eigenvalue weighted by Crippen LogP contribution is 2.18. The van der Waals surface area contributed by atoms with Crippen LogP contribution in [0, 0.1) is 6.92 Å². The minimum absolute atomic E-state index is 0.0657. The third-order valence-corrected chi connectivity index (χ3v) is 6.48. The summed E-state index contributed by atoms with van der Waals surface area (Å²) in [5.41, 5.74) is 4.57. The summed E-state index contributed by atoms with van der Waals surface area (Å²) in [5, 5.41) is 8.92. The Morgan fingerprint density at radius 2 is 1.74 bits per heavy atom. The summed E-state index contributed by atoms with van der Waals surface area (Å²) >= 11 is 0. The van der Waals surface area contributed by atoms with E-state index in [9.17, 15) is 9.59 Å². The second-order valence-corrected chi connectivity index (χ2v) is 9.05. The maximum atomic E-state index is 12.4. The van der Waals surface area contributed by atoms with Crippen LogP contribution in [0.15, 0.2) is 59.7 Å². The van der Waals surface area contributed by atoms with Crippen LogP contribution in [0.3, 0.4) is 0 Å². The van der Waals surface area contributed by atoms with Crippen LogP contribution in [-0.4, -0.2) is 73.2 Å². The smallest absolute Gasteiger partial charge is 0.243 e. The fourth-order valence-corrected chi connectivity index (χ4v) is 4.49. The van der Waals surface area contributed by atoms with Crippen LogP contribution in [-0.2, 0) is 9.59 Å². The zero-order chi connectivity index (χ0) is 23.8. The van der Waals surface area contributed by atoms with Crippen LogP contribution < -0.4 is 10.2 Å². The first-order chi connectivity index (χ1) is 16.6. The molecule has 34 heavy (non-hydrogen) atoms. The molecule has 7 heteroatoms. The van der Waals surface area contributed by atoms with E-state index in [1.807, 2.05) is 30.3 Å². The molecular formula is C27H35N5O2. The van der Waals surface area contributed by atoms with Crippen LogP contribution in [0.1, 0.15) is 36.8 Å². The Labute approximate surface area is 202 Å². The molecule has 2 aliphatic heterocycles. The maximum Gasteiger partial charge on any atom is 0.243 e. The minimum atomic E-state index is -0.0902. The van der Waals surface area contributed by atoms with Crippen LogP contribution in [0.5, 0.6) is 0 Å². The van der Waals surface area contributed by atoms with E-state index in [4.69, 9.17) is 0 Å². The van der Waals surface area contributed by atoms with Crippen molar-refractivity contribution in [3.63, 3.8) is 0 Å². The number of benzene rings is 2. The highest BCUT2D eigenvalue weighted by atomic mass is 16.2. The average molecular weight is 462 g/mol. The summed E-state index contributed by atoms with van der Waals surface area (Å²) in [5.74, 6) is -0.156.